The second-order valence-corrected chi connectivity index (χ2v) is 18.0. The topological polar surface area (TPSA) is 297 Å². The molecule has 77 heavy (non-hydrogen) atoms. The van der Waals surface area contributed by atoms with E-state index in [9.17, 15) is 4.79 Å². The Hall–Kier alpha value is -8.58. The van der Waals surface area contributed by atoms with E-state index in [1.165, 1.54) is 11.3 Å². The van der Waals surface area contributed by atoms with E-state index in [4.69, 9.17) is 11.5 Å². The number of amides is 1. The summed E-state index contributed by atoms with van der Waals surface area (Å²) in [6.45, 7) is 26.2. The van der Waals surface area contributed by atoms with Gasteiger partial charge in [0.2, 0.25) is 5.91 Å². The summed E-state index contributed by atoms with van der Waals surface area (Å²) >= 11 is 0. The average Bonchev–Trinajstić information content (AvgIpc) is 4.25. The zero-order chi connectivity index (χ0) is 58.1. The van der Waals surface area contributed by atoms with Gasteiger partial charge < -0.3 is 30.4 Å². The van der Waals surface area contributed by atoms with Gasteiger partial charge in [0.1, 0.15) is 70.4 Å². The van der Waals surface area contributed by atoms with E-state index in [1.807, 2.05) is 171 Å². The minimum Gasteiger partial charge on any atom is -0.370 e. The fraction of sp³-hybridized carbons (Fsp3) is 0.490. The number of guanidine groups is 1. The van der Waals surface area contributed by atoms with Crippen molar-refractivity contribution in [3.05, 3.63) is 124 Å². The summed E-state index contributed by atoms with van der Waals surface area (Å²) in [6.07, 6.45) is 5.23. The predicted molar refractivity (Wildman–Crippen MR) is 301 cm³/mol. The van der Waals surface area contributed by atoms with E-state index in [0.717, 1.165) is 88.4 Å². The van der Waals surface area contributed by atoms with E-state index >= 15 is 0 Å². The molecular weight excluding hydrogens is 979 g/mol. The number of imidazole rings is 1. The summed E-state index contributed by atoms with van der Waals surface area (Å²) in [6, 6.07) is 14.1. The normalized spacial score (nSPS) is 12.6. The molecule has 1 atom stereocenters. The summed E-state index contributed by atoms with van der Waals surface area (Å²) < 4.78 is 10.8. The number of aromatic nitrogens is 19. The maximum atomic E-state index is 10.6. The number of anilines is 1. The number of nitrogens with two attached hydrogens (primary N) is 2. The molecule has 7 aromatic heterocycles. The molecule has 10 rings (SSSR count). The number of aryl methyl sites for hydroxylation is 14. The number of aliphatic imine (C=N–C) groups is 2. The molecule has 418 valence electrons. The molecule has 0 saturated carbocycles. The number of pyridine rings is 1. The molecule has 8 aromatic rings. The number of para-hydroxylation sites is 1. The third-order valence-corrected chi connectivity index (χ3v) is 11.8. The minimum absolute atomic E-state index is 0.00519. The molecule has 2 aliphatic rings. The number of carbonyl (C=O) groups excluding carboxylic acids is 1. The second kappa shape index (κ2) is 32.0. The highest BCUT2D eigenvalue weighted by atomic mass is 16.1. The monoisotopic (exact) mass is 1060 g/mol. The molecule has 0 radical (unpaired) electrons. The molecule has 9 heterocycles. The van der Waals surface area contributed by atoms with Gasteiger partial charge in [0, 0.05) is 87.3 Å². The lowest BCUT2D eigenvalue weighted by atomic mass is 10.2. The molecule has 26 heteroatoms. The van der Waals surface area contributed by atoms with Gasteiger partial charge in [0.25, 0.3) is 0 Å². The van der Waals surface area contributed by atoms with E-state index in [0.29, 0.717) is 12.5 Å². The van der Waals surface area contributed by atoms with Crippen molar-refractivity contribution < 1.29 is 4.79 Å². The molecular formula is C51H83N25O. The molecule has 4 N–H and O–H groups in total. The fourth-order valence-corrected chi connectivity index (χ4v) is 6.32. The highest BCUT2D eigenvalue weighted by molar-refractivity contribution is 5.95. The Morgan fingerprint density at radius 3 is 1.47 bits per heavy atom. The first-order valence-electron chi connectivity index (χ1n) is 24.7. The molecule has 1 amide bonds. The molecule has 0 spiro atoms. The number of tetrazole rings is 1. The SMILES string of the molecule is CC1=NC(=O)CCN1C.CC1Cc2cccnc2N1C.Cc1nc(C)n(C)c1C.Cc1nc(C)n(C)n1.Cc1nc(C)n(C)n1.Cc1ncn(C)n1.Cc1nnc(C)n1C.Cc1nnnn1C.NC(N)=Nc1ccccc1. The van der Waals surface area contributed by atoms with Crippen molar-refractivity contribution in [1.29, 1.82) is 0 Å². The van der Waals surface area contributed by atoms with Crippen LogP contribution < -0.4 is 16.4 Å². The van der Waals surface area contributed by atoms with Crippen molar-refractivity contribution >= 4 is 29.2 Å². The highest BCUT2D eigenvalue weighted by Gasteiger charge is 2.22. The zero-order valence-electron chi connectivity index (χ0n) is 49.2. The lowest BCUT2D eigenvalue weighted by molar-refractivity contribution is -0.118. The Morgan fingerprint density at radius 1 is 0.610 bits per heavy atom. The molecule has 1 unspecified atom stereocenters. The maximum Gasteiger partial charge on any atom is 0.249 e. The first-order chi connectivity index (χ1) is 36.1. The lowest BCUT2D eigenvalue weighted by Crippen LogP contribution is -2.31. The average molecular weight is 1060 g/mol. The molecule has 0 bridgehead atoms. The summed E-state index contributed by atoms with van der Waals surface area (Å²) in [5, 5.41) is 30.2. The predicted octanol–water partition coefficient (Wildman–Crippen LogP) is 4.60. The van der Waals surface area contributed by atoms with Crippen LogP contribution in [0.1, 0.15) is 89.6 Å². The third kappa shape index (κ3) is 23.2. The van der Waals surface area contributed by atoms with Gasteiger partial charge in [-0.3, -0.25) is 18.8 Å². The largest absolute Gasteiger partial charge is 0.370 e. The van der Waals surface area contributed by atoms with Crippen molar-refractivity contribution in [3.63, 3.8) is 0 Å². The van der Waals surface area contributed by atoms with Crippen LogP contribution in [0, 0.1) is 76.2 Å². The fourth-order valence-electron chi connectivity index (χ4n) is 6.32. The van der Waals surface area contributed by atoms with Gasteiger partial charge in [0.05, 0.1) is 11.4 Å². The van der Waals surface area contributed by atoms with Crippen molar-refractivity contribution in [2.45, 2.75) is 109 Å². The van der Waals surface area contributed by atoms with Gasteiger partial charge in [-0.25, -0.2) is 39.6 Å². The van der Waals surface area contributed by atoms with Crippen LogP contribution in [0.5, 0.6) is 0 Å². The van der Waals surface area contributed by atoms with Crippen molar-refractivity contribution in [2.24, 2.45) is 63.7 Å². The van der Waals surface area contributed by atoms with Crippen LogP contribution in [-0.4, -0.2) is 143 Å². The van der Waals surface area contributed by atoms with E-state index < -0.39 is 0 Å². The van der Waals surface area contributed by atoms with Crippen LogP contribution in [0.25, 0.3) is 0 Å². The van der Waals surface area contributed by atoms with Gasteiger partial charge in [-0.15, -0.1) is 15.3 Å². The molecule has 0 aliphatic carbocycles. The number of nitrogens with zero attached hydrogens (tertiary/aromatic N) is 23. The van der Waals surface area contributed by atoms with Gasteiger partial charge in [-0.05, 0) is 131 Å². The van der Waals surface area contributed by atoms with Gasteiger partial charge >= 0.3 is 0 Å². The quantitative estimate of drug-likeness (QED) is 0.168. The van der Waals surface area contributed by atoms with Gasteiger partial charge in [0.15, 0.2) is 5.96 Å². The Balaban J connectivity index is 0.000000297. The molecule has 1 aromatic carbocycles. The van der Waals surface area contributed by atoms with Crippen LogP contribution >= 0.6 is 0 Å². The number of amidine groups is 1. The molecule has 0 fully saturated rings. The number of hydrogen-bond acceptors (Lipinski definition) is 17. The first-order valence-corrected chi connectivity index (χ1v) is 24.7. The minimum atomic E-state index is 0.00519. The number of carbonyl (C=O) groups is 1. The smallest absolute Gasteiger partial charge is 0.249 e. The number of hydrogen-bond donors (Lipinski definition) is 2. The van der Waals surface area contributed by atoms with Crippen molar-refractivity contribution in [1.82, 2.24) is 98.7 Å². The molecule has 2 aliphatic heterocycles. The Kier molecular flexibility index (Phi) is 26.8. The standard InChI is InChI=1S/C9H12N2.C7H9N3.C7H12N2.C6H10N2O.3C5H9N3.C4H7N3.C3H6N4/c1-7-6-8-4-3-5-10-9(8)11(7)2;8-7(9)10-6-4-2-1-3-5-6;1-5-6(2)9(4)7(3)8-5;1-5-7-6(9)3-4-8(5)2;1-4-6-7-5(2)8(4)3;2*1-4-6-5(2)8(3)7-4;1-4-5-3-7(2)6-4;1-3-4-5-6-7(3)2/h3-5,7H,6H2,1-2H3;1-5H,(H4,8,9,10);1-4H3;3-4H2,1-2H3;3*1-3H3;3H,1-2H3;1-2H3. The summed E-state index contributed by atoms with van der Waals surface area (Å²) in [7, 11) is 15.4. The Bertz CT molecular complexity index is 2900. The van der Waals surface area contributed by atoms with Crippen molar-refractivity contribution in [3.8, 4) is 0 Å². The van der Waals surface area contributed by atoms with Crippen LogP contribution in [0.3, 0.4) is 0 Å². The summed E-state index contributed by atoms with van der Waals surface area (Å²) in [5.41, 5.74) is 14.9. The van der Waals surface area contributed by atoms with Gasteiger partial charge in [-0.1, -0.05) is 24.3 Å². The molecule has 26 nitrogen and oxygen atoms in total. The number of likely N-dealkylation sites (N-methyl/N-ethyl adjacent to an activating group) is 1. The second-order valence-electron chi connectivity index (χ2n) is 18.0. The maximum absolute atomic E-state index is 10.6. The van der Waals surface area contributed by atoms with Crippen LogP contribution in [0.2, 0.25) is 0 Å². The number of rotatable bonds is 1. The number of benzene rings is 1. The van der Waals surface area contributed by atoms with Crippen molar-refractivity contribution in [2.75, 3.05) is 25.5 Å². The highest BCUT2D eigenvalue weighted by Crippen LogP contribution is 2.27. The summed E-state index contributed by atoms with van der Waals surface area (Å²) in [4.78, 5) is 43.0. The number of fused-ring (bicyclic) bond motifs is 1. The van der Waals surface area contributed by atoms with Gasteiger partial charge in [-0.2, -0.15) is 15.3 Å². The Labute approximate surface area is 453 Å². The van der Waals surface area contributed by atoms with Crippen LogP contribution in [0.4, 0.5) is 11.5 Å². The van der Waals surface area contributed by atoms with E-state index in [-0.39, 0.29) is 11.9 Å². The zero-order valence-corrected chi connectivity index (χ0v) is 49.2. The summed E-state index contributed by atoms with van der Waals surface area (Å²) in [5.74, 6) is 10.3. The molecule has 0 saturated heterocycles. The van der Waals surface area contributed by atoms with E-state index in [1.54, 1.807) is 32.1 Å². The van der Waals surface area contributed by atoms with Crippen LogP contribution in [-0.2, 0) is 53.5 Å². The van der Waals surface area contributed by atoms with Crippen LogP contribution in [0.15, 0.2) is 65.0 Å². The lowest BCUT2D eigenvalue weighted by Gasteiger charge is -2.20. The third-order valence-electron chi connectivity index (χ3n) is 11.8. The first kappa shape index (κ1) is 64.5. The Morgan fingerprint density at radius 2 is 1.18 bits per heavy atom. The van der Waals surface area contributed by atoms with E-state index in [2.05, 4.69) is 112 Å².